The fraction of sp³-hybridized carbons (Fsp3) is 0. The van der Waals surface area contributed by atoms with E-state index in [1.165, 1.54) is 4.98 Å². The van der Waals surface area contributed by atoms with Crippen LogP contribution in [0.3, 0.4) is 0 Å². The molecule has 2 N–H and O–H groups in total. The molecule has 2 aromatic rings. The number of rotatable bonds is 1. The Labute approximate surface area is 101 Å². The Morgan fingerprint density at radius 2 is 1.53 bits per heavy atom. The third-order valence-corrected chi connectivity index (χ3v) is 2.26. The molecule has 0 saturated heterocycles. The van der Waals surface area contributed by atoms with Gasteiger partial charge in [-0.05, 0) is 0 Å². The Hall–Kier alpha value is -2.58. The molecular formula is C10H4F4N2O3. The molecule has 0 aliphatic carbocycles. The van der Waals surface area contributed by atoms with E-state index in [-0.39, 0.29) is 4.57 Å². The standard InChI is InChI=1S/C10H4F4N2O3/c11-4-1-3(2-5(12)6(4)13)16-9(18)7(14)8(17)15-10(16)19/h1-2,18H,(H,15,17,19). The normalized spacial score (nSPS) is 10.7. The molecule has 0 saturated carbocycles. The van der Waals surface area contributed by atoms with Crippen LogP contribution in [0.15, 0.2) is 21.7 Å². The van der Waals surface area contributed by atoms with Crippen LogP contribution >= 0.6 is 0 Å². The van der Waals surface area contributed by atoms with Crippen molar-refractivity contribution in [3.8, 4) is 11.6 Å². The molecule has 1 aromatic carbocycles. The molecule has 5 nitrogen and oxygen atoms in total. The molecular weight excluding hydrogens is 272 g/mol. The lowest BCUT2D eigenvalue weighted by Gasteiger charge is -2.08. The quantitative estimate of drug-likeness (QED) is 0.597. The van der Waals surface area contributed by atoms with Crippen molar-refractivity contribution in [2.75, 3.05) is 0 Å². The Morgan fingerprint density at radius 1 is 1.00 bits per heavy atom. The van der Waals surface area contributed by atoms with Crippen LogP contribution in [-0.4, -0.2) is 14.7 Å². The average molecular weight is 276 g/mol. The number of nitrogens with zero attached hydrogens (tertiary/aromatic N) is 1. The third kappa shape index (κ3) is 1.98. The van der Waals surface area contributed by atoms with Crippen LogP contribution in [-0.2, 0) is 0 Å². The minimum Gasteiger partial charge on any atom is -0.492 e. The summed E-state index contributed by atoms with van der Waals surface area (Å²) >= 11 is 0. The molecule has 0 atom stereocenters. The van der Waals surface area contributed by atoms with Crippen LogP contribution < -0.4 is 11.2 Å². The van der Waals surface area contributed by atoms with Gasteiger partial charge in [-0.1, -0.05) is 0 Å². The van der Waals surface area contributed by atoms with Crippen LogP contribution in [0.2, 0.25) is 0 Å². The second-order valence-electron chi connectivity index (χ2n) is 3.46. The summed E-state index contributed by atoms with van der Waals surface area (Å²) in [6.07, 6.45) is 0. The van der Waals surface area contributed by atoms with Crippen molar-refractivity contribution in [2.45, 2.75) is 0 Å². The van der Waals surface area contributed by atoms with Gasteiger partial charge >= 0.3 is 5.69 Å². The van der Waals surface area contributed by atoms with E-state index in [4.69, 9.17) is 0 Å². The molecule has 0 fully saturated rings. The average Bonchev–Trinajstić information content (AvgIpc) is 2.33. The van der Waals surface area contributed by atoms with Gasteiger partial charge in [-0.15, -0.1) is 0 Å². The smallest absolute Gasteiger partial charge is 0.335 e. The van der Waals surface area contributed by atoms with Crippen molar-refractivity contribution in [3.05, 3.63) is 56.2 Å². The zero-order valence-corrected chi connectivity index (χ0v) is 8.88. The molecule has 0 spiro atoms. The number of hydrogen-bond acceptors (Lipinski definition) is 3. The highest BCUT2D eigenvalue weighted by Gasteiger charge is 2.18. The van der Waals surface area contributed by atoms with Gasteiger partial charge in [0.1, 0.15) is 0 Å². The molecule has 0 aliphatic rings. The number of nitrogens with one attached hydrogen (secondary N) is 1. The maximum atomic E-state index is 13.1. The van der Waals surface area contributed by atoms with Gasteiger partial charge in [-0.25, -0.2) is 22.5 Å². The minimum atomic E-state index is -1.79. The number of benzene rings is 1. The summed E-state index contributed by atoms with van der Waals surface area (Å²) in [5, 5.41) is 9.29. The molecule has 0 radical (unpaired) electrons. The van der Waals surface area contributed by atoms with Crippen molar-refractivity contribution in [2.24, 2.45) is 0 Å². The van der Waals surface area contributed by atoms with Gasteiger partial charge in [0.25, 0.3) is 5.56 Å². The zero-order valence-electron chi connectivity index (χ0n) is 8.88. The Bertz CT molecular complexity index is 758. The van der Waals surface area contributed by atoms with E-state index in [0.29, 0.717) is 12.1 Å². The lowest BCUT2D eigenvalue weighted by Crippen LogP contribution is -2.31. The first-order chi connectivity index (χ1) is 8.82. The van der Waals surface area contributed by atoms with Gasteiger partial charge in [0.2, 0.25) is 11.7 Å². The zero-order chi connectivity index (χ0) is 14.3. The predicted octanol–water partition coefficient (Wildman–Crippen LogP) is 0.788. The van der Waals surface area contributed by atoms with Gasteiger partial charge in [-0.3, -0.25) is 9.78 Å². The lowest BCUT2D eigenvalue weighted by molar-refractivity contribution is 0.384. The summed E-state index contributed by atoms with van der Waals surface area (Å²) in [5.41, 5.74) is -3.52. The molecule has 9 heteroatoms. The number of halogens is 4. The molecule has 0 bridgehead atoms. The first-order valence-electron chi connectivity index (χ1n) is 4.71. The van der Waals surface area contributed by atoms with E-state index in [9.17, 15) is 32.3 Å². The van der Waals surface area contributed by atoms with Gasteiger partial charge < -0.3 is 5.11 Å². The second-order valence-corrected chi connectivity index (χ2v) is 3.46. The topological polar surface area (TPSA) is 75.1 Å². The number of aromatic amines is 1. The fourth-order valence-corrected chi connectivity index (χ4v) is 1.41. The summed E-state index contributed by atoms with van der Waals surface area (Å²) < 4.78 is 51.9. The molecule has 0 unspecified atom stereocenters. The van der Waals surface area contributed by atoms with Crippen LogP contribution in [0.4, 0.5) is 17.6 Å². The molecule has 0 aliphatic heterocycles. The molecule has 19 heavy (non-hydrogen) atoms. The first kappa shape index (κ1) is 12.9. The summed E-state index contributed by atoms with van der Waals surface area (Å²) in [7, 11) is 0. The van der Waals surface area contributed by atoms with Crippen molar-refractivity contribution < 1.29 is 22.7 Å². The van der Waals surface area contributed by atoms with Crippen molar-refractivity contribution in [1.82, 2.24) is 9.55 Å². The molecule has 100 valence electrons. The van der Waals surface area contributed by atoms with E-state index < -0.39 is 46.1 Å². The van der Waals surface area contributed by atoms with Crippen molar-refractivity contribution in [3.63, 3.8) is 0 Å². The first-order valence-corrected chi connectivity index (χ1v) is 4.71. The van der Waals surface area contributed by atoms with Crippen LogP contribution in [0, 0.1) is 23.3 Å². The summed E-state index contributed by atoms with van der Waals surface area (Å²) in [4.78, 5) is 23.7. The number of H-pyrrole nitrogens is 1. The molecule has 1 aromatic heterocycles. The Balaban J connectivity index is 2.84. The Kier molecular flexibility index (Phi) is 2.89. The SMILES string of the molecule is O=c1[nH]c(=O)n(-c2cc(F)c(F)c(F)c2)c(O)c1F. The molecule has 1 heterocycles. The number of hydrogen-bond donors (Lipinski definition) is 2. The van der Waals surface area contributed by atoms with Gasteiger partial charge in [0.15, 0.2) is 17.5 Å². The highest BCUT2D eigenvalue weighted by molar-refractivity contribution is 5.37. The molecule has 2 rings (SSSR count). The van der Waals surface area contributed by atoms with E-state index in [1.807, 2.05) is 0 Å². The highest BCUT2D eigenvalue weighted by Crippen LogP contribution is 2.19. The summed E-state index contributed by atoms with van der Waals surface area (Å²) in [6.45, 7) is 0. The third-order valence-electron chi connectivity index (χ3n) is 2.26. The largest absolute Gasteiger partial charge is 0.492 e. The monoisotopic (exact) mass is 276 g/mol. The minimum absolute atomic E-state index is 0.0856. The number of aromatic hydroxyl groups is 1. The van der Waals surface area contributed by atoms with E-state index in [0.717, 1.165) is 0 Å². The van der Waals surface area contributed by atoms with Crippen LogP contribution in [0.25, 0.3) is 5.69 Å². The Morgan fingerprint density at radius 3 is 2.05 bits per heavy atom. The van der Waals surface area contributed by atoms with E-state index in [2.05, 4.69) is 0 Å². The van der Waals surface area contributed by atoms with Crippen molar-refractivity contribution in [1.29, 1.82) is 0 Å². The molecule has 0 amide bonds. The second kappa shape index (κ2) is 4.26. The lowest BCUT2D eigenvalue weighted by atomic mass is 10.2. The highest BCUT2D eigenvalue weighted by atomic mass is 19.2. The summed E-state index contributed by atoms with van der Waals surface area (Å²) in [5.74, 6) is -8.24. The van der Waals surface area contributed by atoms with E-state index in [1.54, 1.807) is 0 Å². The van der Waals surface area contributed by atoms with Crippen molar-refractivity contribution >= 4 is 0 Å². The fourth-order valence-electron chi connectivity index (χ4n) is 1.41. The summed E-state index contributed by atoms with van der Waals surface area (Å²) in [6, 6.07) is 0.717. The predicted molar refractivity (Wildman–Crippen MR) is 54.2 cm³/mol. The van der Waals surface area contributed by atoms with Crippen LogP contribution in [0.5, 0.6) is 5.88 Å². The van der Waals surface area contributed by atoms with Crippen LogP contribution in [0.1, 0.15) is 0 Å². The van der Waals surface area contributed by atoms with Gasteiger partial charge in [0.05, 0.1) is 5.69 Å². The maximum Gasteiger partial charge on any atom is 0.335 e. The van der Waals surface area contributed by atoms with E-state index >= 15 is 0 Å². The maximum absolute atomic E-state index is 13.1. The van der Waals surface area contributed by atoms with Gasteiger partial charge in [-0.2, -0.15) is 4.39 Å². The number of aromatic nitrogens is 2. The van der Waals surface area contributed by atoms with Gasteiger partial charge in [0, 0.05) is 12.1 Å².